The topological polar surface area (TPSA) is 21.3 Å². The van der Waals surface area contributed by atoms with Crippen molar-refractivity contribution in [2.24, 2.45) is 5.92 Å². The standard InChI is InChI=1S/C18H28BrNO/c1-2-3-10-21-11-9-16(14-20-18-7-8-18)12-15-5-4-6-17(19)13-15/h4-6,13,16,18,20H,2-3,7-12,14H2,1H3. The van der Waals surface area contributed by atoms with Crippen LogP contribution in [0.15, 0.2) is 28.7 Å². The maximum atomic E-state index is 5.75. The highest BCUT2D eigenvalue weighted by atomic mass is 79.9. The quantitative estimate of drug-likeness (QED) is 0.588. The van der Waals surface area contributed by atoms with Crippen LogP contribution in [0.1, 0.15) is 44.6 Å². The summed E-state index contributed by atoms with van der Waals surface area (Å²) < 4.78 is 6.93. The van der Waals surface area contributed by atoms with E-state index in [1.807, 2.05) is 0 Å². The summed E-state index contributed by atoms with van der Waals surface area (Å²) in [5, 5.41) is 3.68. The van der Waals surface area contributed by atoms with E-state index in [2.05, 4.69) is 52.4 Å². The van der Waals surface area contributed by atoms with Crippen molar-refractivity contribution in [3.05, 3.63) is 34.3 Å². The lowest BCUT2D eigenvalue weighted by atomic mass is 9.96. The summed E-state index contributed by atoms with van der Waals surface area (Å²) >= 11 is 3.57. The molecule has 118 valence electrons. The van der Waals surface area contributed by atoms with E-state index in [1.54, 1.807) is 0 Å². The van der Waals surface area contributed by atoms with E-state index >= 15 is 0 Å². The first-order valence-electron chi connectivity index (χ1n) is 8.33. The molecule has 0 saturated heterocycles. The lowest BCUT2D eigenvalue weighted by molar-refractivity contribution is 0.117. The van der Waals surface area contributed by atoms with Crippen LogP contribution in [0.2, 0.25) is 0 Å². The van der Waals surface area contributed by atoms with Crippen LogP contribution < -0.4 is 5.32 Å². The number of hydrogen-bond acceptors (Lipinski definition) is 2. The SMILES string of the molecule is CCCCOCCC(CNC1CC1)Cc1cccc(Br)c1. The molecule has 0 aromatic heterocycles. The van der Waals surface area contributed by atoms with Gasteiger partial charge in [0.2, 0.25) is 0 Å². The van der Waals surface area contributed by atoms with Crippen LogP contribution in [0.5, 0.6) is 0 Å². The van der Waals surface area contributed by atoms with Gasteiger partial charge in [-0.2, -0.15) is 0 Å². The molecule has 0 heterocycles. The monoisotopic (exact) mass is 353 g/mol. The fourth-order valence-electron chi connectivity index (χ4n) is 2.49. The van der Waals surface area contributed by atoms with E-state index in [-0.39, 0.29) is 0 Å². The van der Waals surface area contributed by atoms with Gasteiger partial charge in [0.25, 0.3) is 0 Å². The van der Waals surface area contributed by atoms with E-state index in [1.165, 1.54) is 35.7 Å². The molecule has 2 nitrogen and oxygen atoms in total. The molecular formula is C18H28BrNO. The summed E-state index contributed by atoms with van der Waals surface area (Å²) in [6.07, 6.45) is 7.39. The molecule has 3 heteroatoms. The van der Waals surface area contributed by atoms with Gasteiger partial charge < -0.3 is 10.1 Å². The Hall–Kier alpha value is -0.380. The summed E-state index contributed by atoms with van der Waals surface area (Å²) in [4.78, 5) is 0. The second-order valence-electron chi connectivity index (χ2n) is 6.14. The molecule has 0 amide bonds. The van der Waals surface area contributed by atoms with Gasteiger partial charge >= 0.3 is 0 Å². The zero-order valence-corrected chi connectivity index (χ0v) is 14.7. The maximum absolute atomic E-state index is 5.75. The Morgan fingerprint density at radius 3 is 2.90 bits per heavy atom. The van der Waals surface area contributed by atoms with Crippen molar-refractivity contribution in [1.29, 1.82) is 0 Å². The van der Waals surface area contributed by atoms with Crippen LogP contribution >= 0.6 is 15.9 Å². The van der Waals surface area contributed by atoms with Gasteiger partial charge in [-0.1, -0.05) is 41.4 Å². The molecule has 1 atom stereocenters. The van der Waals surface area contributed by atoms with Crippen molar-refractivity contribution in [3.8, 4) is 0 Å². The molecule has 1 fully saturated rings. The predicted molar refractivity (Wildman–Crippen MR) is 92.7 cm³/mol. The summed E-state index contributed by atoms with van der Waals surface area (Å²) in [7, 11) is 0. The molecule has 0 spiro atoms. The van der Waals surface area contributed by atoms with Gasteiger partial charge in [0, 0.05) is 23.7 Å². The smallest absolute Gasteiger partial charge is 0.0469 e. The third-order valence-corrected chi connectivity index (χ3v) is 4.49. The van der Waals surface area contributed by atoms with Crippen molar-refractivity contribution in [3.63, 3.8) is 0 Å². The Morgan fingerprint density at radius 2 is 2.19 bits per heavy atom. The zero-order chi connectivity index (χ0) is 14.9. The number of benzene rings is 1. The number of hydrogen-bond donors (Lipinski definition) is 1. The molecule has 0 bridgehead atoms. The second-order valence-corrected chi connectivity index (χ2v) is 7.05. The zero-order valence-electron chi connectivity index (χ0n) is 13.1. The molecule has 0 radical (unpaired) electrons. The highest BCUT2D eigenvalue weighted by Gasteiger charge is 2.22. The van der Waals surface area contributed by atoms with Crippen LogP contribution in [0.3, 0.4) is 0 Å². The lowest BCUT2D eigenvalue weighted by Gasteiger charge is -2.18. The average Bonchev–Trinajstić information content (AvgIpc) is 3.28. The molecule has 21 heavy (non-hydrogen) atoms. The van der Waals surface area contributed by atoms with E-state index in [9.17, 15) is 0 Å². The summed E-state index contributed by atoms with van der Waals surface area (Å²) in [6, 6.07) is 9.47. The van der Waals surface area contributed by atoms with E-state index in [4.69, 9.17) is 4.74 Å². The van der Waals surface area contributed by atoms with Crippen molar-refractivity contribution in [2.75, 3.05) is 19.8 Å². The largest absolute Gasteiger partial charge is 0.381 e. The minimum Gasteiger partial charge on any atom is -0.381 e. The van der Waals surface area contributed by atoms with Crippen LogP contribution in [0.4, 0.5) is 0 Å². The summed E-state index contributed by atoms with van der Waals surface area (Å²) in [5.41, 5.74) is 1.42. The number of ether oxygens (including phenoxy) is 1. The second kappa shape index (κ2) is 9.60. The number of nitrogens with one attached hydrogen (secondary N) is 1. The maximum Gasteiger partial charge on any atom is 0.0469 e. The van der Waals surface area contributed by atoms with Crippen LogP contribution in [0.25, 0.3) is 0 Å². The molecule has 1 unspecified atom stereocenters. The molecule has 1 aliphatic carbocycles. The Bertz CT molecular complexity index is 406. The minimum atomic E-state index is 0.668. The first kappa shape index (κ1) is 17.0. The van der Waals surface area contributed by atoms with Crippen LogP contribution in [-0.4, -0.2) is 25.8 Å². The Kier molecular flexibility index (Phi) is 7.76. The first-order chi connectivity index (χ1) is 10.3. The van der Waals surface area contributed by atoms with E-state index in [0.29, 0.717) is 5.92 Å². The fourth-order valence-corrected chi connectivity index (χ4v) is 2.94. The Morgan fingerprint density at radius 1 is 1.33 bits per heavy atom. The van der Waals surface area contributed by atoms with Gasteiger partial charge in [-0.15, -0.1) is 0 Å². The van der Waals surface area contributed by atoms with Crippen molar-refractivity contribution >= 4 is 15.9 Å². The fraction of sp³-hybridized carbons (Fsp3) is 0.667. The Labute approximate surface area is 137 Å². The van der Waals surface area contributed by atoms with Gasteiger partial charge in [-0.3, -0.25) is 0 Å². The van der Waals surface area contributed by atoms with Crippen LogP contribution in [-0.2, 0) is 11.2 Å². The molecule has 1 N–H and O–H groups in total. The molecule has 1 aromatic rings. The highest BCUT2D eigenvalue weighted by Crippen LogP contribution is 2.21. The van der Waals surface area contributed by atoms with Crippen LogP contribution in [0, 0.1) is 5.92 Å². The molecular weight excluding hydrogens is 326 g/mol. The normalized spacial score (nSPS) is 16.1. The minimum absolute atomic E-state index is 0.668. The van der Waals surface area contributed by atoms with Gasteiger partial charge in [0.15, 0.2) is 0 Å². The van der Waals surface area contributed by atoms with Crippen molar-refractivity contribution < 1.29 is 4.74 Å². The number of rotatable bonds is 11. The first-order valence-corrected chi connectivity index (χ1v) is 9.12. The molecule has 1 aromatic carbocycles. The van der Waals surface area contributed by atoms with E-state index in [0.717, 1.165) is 38.6 Å². The average molecular weight is 354 g/mol. The van der Waals surface area contributed by atoms with Gasteiger partial charge in [0.05, 0.1) is 0 Å². The molecule has 2 rings (SSSR count). The molecule has 1 saturated carbocycles. The lowest BCUT2D eigenvalue weighted by Crippen LogP contribution is -2.27. The predicted octanol–water partition coefficient (Wildman–Crippen LogP) is 4.57. The number of unbranched alkanes of at least 4 members (excludes halogenated alkanes) is 1. The number of halogens is 1. The highest BCUT2D eigenvalue weighted by molar-refractivity contribution is 9.10. The van der Waals surface area contributed by atoms with Gasteiger partial charge in [-0.25, -0.2) is 0 Å². The summed E-state index contributed by atoms with van der Waals surface area (Å²) in [5.74, 6) is 0.668. The van der Waals surface area contributed by atoms with Gasteiger partial charge in [0.1, 0.15) is 0 Å². The summed E-state index contributed by atoms with van der Waals surface area (Å²) in [6.45, 7) is 5.13. The van der Waals surface area contributed by atoms with Crippen molar-refractivity contribution in [2.45, 2.75) is 51.5 Å². The van der Waals surface area contributed by atoms with Crippen molar-refractivity contribution in [1.82, 2.24) is 5.32 Å². The third kappa shape index (κ3) is 7.44. The Balaban J connectivity index is 1.76. The van der Waals surface area contributed by atoms with Gasteiger partial charge in [-0.05, 0) is 62.3 Å². The molecule has 1 aliphatic rings. The van der Waals surface area contributed by atoms with E-state index < -0.39 is 0 Å². The molecule has 0 aliphatic heterocycles. The third-order valence-electron chi connectivity index (χ3n) is 4.00.